The third kappa shape index (κ3) is 3.12. The van der Waals surface area contributed by atoms with E-state index in [1.807, 2.05) is 0 Å². The van der Waals surface area contributed by atoms with Crippen molar-refractivity contribution in [3.8, 4) is 5.75 Å². The maximum atomic E-state index is 13.1. The van der Waals surface area contributed by atoms with E-state index >= 15 is 0 Å². The summed E-state index contributed by atoms with van der Waals surface area (Å²) < 4.78 is 41.6. The van der Waals surface area contributed by atoms with Crippen LogP contribution in [-0.2, 0) is 16.3 Å². The Kier molecular flexibility index (Phi) is 3.69. The Morgan fingerprint density at radius 2 is 2.05 bits per heavy atom. The van der Waals surface area contributed by atoms with Crippen LogP contribution < -0.4 is 10.1 Å². The summed E-state index contributed by atoms with van der Waals surface area (Å²) in [5, 5.41) is 3.37. The quantitative estimate of drug-likeness (QED) is 0.914. The van der Waals surface area contributed by atoms with Gasteiger partial charge in [0.1, 0.15) is 27.5 Å². The van der Waals surface area contributed by atoms with Gasteiger partial charge in [0, 0.05) is 24.6 Å². The number of hydrogen-bond donors (Lipinski definition) is 1. The van der Waals surface area contributed by atoms with Crippen LogP contribution in [0.2, 0.25) is 0 Å². The first-order valence-electron chi connectivity index (χ1n) is 6.91. The fraction of sp³-hybridized carbons (Fsp3) is 0.571. The largest absolute Gasteiger partial charge is 0.488 e. The molecule has 0 spiro atoms. The standard InChI is InChI=1S/C14H18FNO3S/c15-11-1-2-14-10(7-11)8-13(19-14)9-16-12-3-5-20(17,18)6-4-12/h1-2,7,12-13,16H,3-6,8-9H2. The lowest BCUT2D eigenvalue weighted by Crippen LogP contribution is -2.42. The van der Waals surface area contributed by atoms with Crippen molar-refractivity contribution in [3.05, 3.63) is 29.6 Å². The van der Waals surface area contributed by atoms with Crippen molar-refractivity contribution in [2.75, 3.05) is 18.1 Å². The van der Waals surface area contributed by atoms with E-state index in [-0.39, 0.29) is 29.5 Å². The van der Waals surface area contributed by atoms with Gasteiger partial charge < -0.3 is 10.1 Å². The smallest absolute Gasteiger partial charge is 0.150 e. The van der Waals surface area contributed by atoms with E-state index in [2.05, 4.69) is 5.32 Å². The topological polar surface area (TPSA) is 55.4 Å². The van der Waals surface area contributed by atoms with Crippen molar-refractivity contribution in [3.63, 3.8) is 0 Å². The number of benzene rings is 1. The summed E-state index contributed by atoms with van der Waals surface area (Å²) in [6.45, 7) is 0.668. The van der Waals surface area contributed by atoms with Gasteiger partial charge in [-0.25, -0.2) is 12.8 Å². The lowest BCUT2D eigenvalue weighted by Gasteiger charge is -2.24. The number of halogens is 1. The van der Waals surface area contributed by atoms with E-state index in [1.165, 1.54) is 12.1 Å². The van der Waals surface area contributed by atoms with Crippen molar-refractivity contribution >= 4 is 9.84 Å². The summed E-state index contributed by atoms with van der Waals surface area (Å²) in [7, 11) is -2.81. The summed E-state index contributed by atoms with van der Waals surface area (Å²) >= 11 is 0. The molecule has 0 amide bonds. The summed E-state index contributed by atoms with van der Waals surface area (Å²) in [6.07, 6.45) is 2.03. The molecule has 2 aliphatic heterocycles. The highest BCUT2D eigenvalue weighted by Crippen LogP contribution is 2.29. The molecule has 0 radical (unpaired) electrons. The average Bonchev–Trinajstić information content (AvgIpc) is 2.79. The number of ether oxygens (including phenoxy) is 1. The molecule has 1 aromatic carbocycles. The molecule has 1 aromatic rings. The summed E-state index contributed by atoms with van der Waals surface area (Å²) in [5.74, 6) is 1.05. The van der Waals surface area contributed by atoms with Crippen molar-refractivity contribution in [2.45, 2.75) is 31.4 Å². The van der Waals surface area contributed by atoms with Crippen LogP contribution in [0.3, 0.4) is 0 Å². The molecule has 1 fully saturated rings. The van der Waals surface area contributed by atoms with Gasteiger partial charge in [0.05, 0.1) is 11.5 Å². The van der Waals surface area contributed by atoms with Gasteiger partial charge in [0.25, 0.3) is 0 Å². The maximum Gasteiger partial charge on any atom is 0.150 e. The molecule has 0 bridgehead atoms. The second-order valence-corrected chi connectivity index (χ2v) is 7.83. The van der Waals surface area contributed by atoms with Crippen molar-refractivity contribution < 1.29 is 17.5 Å². The predicted molar refractivity (Wildman–Crippen MR) is 74.2 cm³/mol. The van der Waals surface area contributed by atoms with Gasteiger partial charge in [0.15, 0.2) is 0 Å². The number of rotatable bonds is 3. The third-order valence-corrected chi connectivity index (χ3v) is 5.67. The van der Waals surface area contributed by atoms with Gasteiger partial charge in [-0.05, 0) is 31.0 Å². The van der Waals surface area contributed by atoms with Crippen LogP contribution in [0.5, 0.6) is 5.75 Å². The van der Waals surface area contributed by atoms with Crippen molar-refractivity contribution in [1.29, 1.82) is 0 Å². The van der Waals surface area contributed by atoms with Crippen molar-refractivity contribution in [2.24, 2.45) is 0 Å². The normalized spacial score (nSPS) is 25.1. The first-order valence-corrected chi connectivity index (χ1v) is 8.73. The molecule has 1 saturated heterocycles. The minimum absolute atomic E-state index is 0.00494. The first kappa shape index (κ1) is 13.8. The predicted octanol–water partition coefficient (Wildman–Crippen LogP) is 1.30. The monoisotopic (exact) mass is 299 g/mol. The Hall–Kier alpha value is -1.14. The Labute approximate surface area is 118 Å². The fourth-order valence-electron chi connectivity index (χ4n) is 2.80. The van der Waals surface area contributed by atoms with Gasteiger partial charge >= 0.3 is 0 Å². The SMILES string of the molecule is O=S1(=O)CCC(NCC2Cc3cc(F)ccc3O2)CC1. The third-order valence-electron chi connectivity index (χ3n) is 3.95. The highest BCUT2D eigenvalue weighted by molar-refractivity contribution is 7.91. The zero-order chi connectivity index (χ0) is 14.2. The van der Waals surface area contributed by atoms with Crippen molar-refractivity contribution in [1.82, 2.24) is 5.32 Å². The molecule has 110 valence electrons. The van der Waals surface area contributed by atoms with Crippen LogP contribution in [0.4, 0.5) is 4.39 Å². The highest BCUT2D eigenvalue weighted by Gasteiger charge is 2.26. The van der Waals surface area contributed by atoms with E-state index in [4.69, 9.17) is 4.74 Å². The summed E-state index contributed by atoms with van der Waals surface area (Å²) in [5.41, 5.74) is 0.906. The van der Waals surface area contributed by atoms with Gasteiger partial charge in [-0.15, -0.1) is 0 Å². The van der Waals surface area contributed by atoms with E-state index in [1.54, 1.807) is 6.07 Å². The van der Waals surface area contributed by atoms with Crippen LogP contribution in [-0.4, -0.2) is 38.6 Å². The molecule has 1 atom stereocenters. The average molecular weight is 299 g/mol. The van der Waals surface area contributed by atoms with Crippen LogP contribution in [0.15, 0.2) is 18.2 Å². The number of nitrogens with one attached hydrogen (secondary N) is 1. The molecule has 0 aliphatic carbocycles. The van der Waals surface area contributed by atoms with Gasteiger partial charge in [-0.1, -0.05) is 0 Å². The molecule has 0 saturated carbocycles. The van der Waals surface area contributed by atoms with Crippen LogP contribution in [0, 0.1) is 5.82 Å². The van der Waals surface area contributed by atoms with E-state index in [0.717, 1.165) is 11.3 Å². The maximum absolute atomic E-state index is 13.1. The number of sulfone groups is 1. The fourth-order valence-corrected chi connectivity index (χ4v) is 4.29. The zero-order valence-corrected chi connectivity index (χ0v) is 12.0. The highest BCUT2D eigenvalue weighted by atomic mass is 32.2. The van der Waals surface area contributed by atoms with Crippen LogP contribution in [0.25, 0.3) is 0 Å². The summed E-state index contributed by atoms with van der Waals surface area (Å²) in [6, 6.07) is 4.82. The Morgan fingerprint density at radius 3 is 2.80 bits per heavy atom. The van der Waals surface area contributed by atoms with E-state index in [0.29, 0.717) is 25.8 Å². The summed E-state index contributed by atoms with van der Waals surface area (Å²) in [4.78, 5) is 0. The molecule has 3 rings (SSSR count). The first-order chi connectivity index (χ1) is 9.52. The molecule has 20 heavy (non-hydrogen) atoms. The molecule has 1 N–H and O–H groups in total. The molecule has 0 aromatic heterocycles. The minimum Gasteiger partial charge on any atom is -0.488 e. The Bertz CT molecular complexity index is 588. The van der Waals surface area contributed by atoms with E-state index in [9.17, 15) is 12.8 Å². The van der Waals surface area contributed by atoms with Gasteiger partial charge in [-0.2, -0.15) is 0 Å². The Morgan fingerprint density at radius 1 is 1.30 bits per heavy atom. The Balaban J connectivity index is 1.49. The lowest BCUT2D eigenvalue weighted by atomic mass is 10.1. The number of hydrogen-bond acceptors (Lipinski definition) is 4. The molecule has 2 aliphatic rings. The van der Waals surface area contributed by atoms with Crippen LogP contribution in [0.1, 0.15) is 18.4 Å². The molecular weight excluding hydrogens is 281 g/mol. The van der Waals surface area contributed by atoms with Gasteiger partial charge in [0.2, 0.25) is 0 Å². The molecule has 4 nitrogen and oxygen atoms in total. The minimum atomic E-state index is -2.81. The molecule has 1 unspecified atom stereocenters. The zero-order valence-electron chi connectivity index (χ0n) is 11.1. The second-order valence-electron chi connectivity index (χ2n) is 5.53. The number of fused-ring (bicyclic) bond motifs is 1. The van der Waals surface area contributed by atoms with Gasteiger partial charge in [-0.3, -0.25) is 0 Å². The molecular formula is C14H18FNO3S. The van der Waals surface area contributed by atoms with Crippen LogP contribution >= 0.6 is 0 Å². The molecule has 2 heterocycles. The second kappa shape index (κ2) is 5.33. The molecule has 6 heteroatoms. The van der Waals surface area contributed by atoms with E-state index < -0.39 is 9.84 Å². The lowest BCUT2D eigenvalue weighted by molar-refractivity contribution is 0.219.